The fourth-order valence-corrected chi connectivity index (χ4v) is 3.29. The molecule has 1 heterocycles. The van der Waals surface area contributed by atoms with Crippen molar-refractivity contribution < 1.29 is 13.9 Å². The van der Waals surface area contributed by atoms with Crippen LogP contribution < -0.4 is 4.74 Å². The molecule has 1 saturated heterocycles. The number of carbonyl (C=O) groups is 1. The van der Waals surface area contributed by atoms with Gasteiger partial charge in [0, 0.05) is 18.9 Å². The largest absolute Gasteiger partial charge is 0.486 e. The Balaban J connectivity index is 1.60. The SMILES string of the molecule is CC(=O)c1cccc(F)c1OC1CC(N2CCCCC2)C1. The predicted octanol–water partition coefficient (Wildman–Crippen LogP) is 3.42. The number of carbonyl (C=O) groups excluding carboxylic acids is 1. The number of ether oxygens (including phenoxy) is 1. The number of rotatable bonds is 4. The molecule has 0 N–H and O–H groups in total. The molecule has 0 radical (unpaired) electrons. The van der Waals surface area contributed by atoms with Gasteiger partial charge in [-0.15, -0.1) is 0 Å². The van der Waals surface area contributed by atoms with Crippen molar-refractivity contribution in [2.45, 2.75) is 51.2 Å². The summed E-state index contributed by atoms with van der Waals surface area (Å²) in [6, 6.07) is 5.10. The molecule has 4 heteroatoms. The molecule has 1 aromatic carbocycles. The second-order valence-corrected chi connectivity index (χ2v) is 6.13. The first-order valence-electron chi connectivity index (χ1n) is 7.85. The molecule has 0 atom stereocenters. The van der Waals surface area contributed by atoms with Crippen LogP contribution in [0, 0.1) is 5.82 Å². The maximum Gasteiger partial charge on any atom is 0.166 e. The van der Waals surface area contributed by atoms with Crippen LogP contribution >= 0.6 is 0 Å². The molecule has 1 saturated carbocycles. The highest BCUT2D eigenvalue weighted by atomic mass is 19.1. The van der Waals surface area contributed by atoms with Gasteiger partial charge in [-0.2, -0.15) is 0 Å². The number of halogens is 1. The number of piperidine rings is 1. The van der Waals surface area contributed by atoms with E-state index >= 15 is 0 Å². The fourth-order valence-electron chi connectivity index (χ4n) is 3.29. The Morgan fingerprint density at radius 2 is 1.95 bits per heavy atom. The van der Waals surface area contributed by atoms with Crippen LogP contribution in [0.4, 0.5) is 4.39 Å². The van der Waals surface area contributed by atoms with Gasteiger partial charge in [-0.05, 0) is 45.0 Å². The molecule has 3 nitrogen and oxygen atoms in total. The van der Waals surface area contributed by atoms with Crippen LogP contribution in [-0.4, -0.2) is 35.9 Å². The third-order valence-electron chi connectivity index (χ3n) is 4.61. The number of hydrogen-bond donors (Lipinski definition) is 0. The zero-order valence-electron chi connectivity index (χ0n) is 12.5. The Morgan fingerprint density at radius 1 is 1.24 bits per heavy atom. The number of benzene rings is 1. The lowest BCUT2D eigenvalue weighted by Crippen LogP contribution is -2.51. The lowest BCUT2D eigenvalue weighted by atomic mass is 9.86. The minimum Gasteiger partial charge on any atom is -0.486 e. The van der Waals surface area contributed by atoms with Gasteiger partial charge in [-0.1, -0.05) is 12.5 Å². The van der Waals surface area contributed by atoms with Gasteiger partial charge < -0.3 is 9.64 Å². The van der Waals surface area contributed by atoms with Crippen LogP contribution in [0.2, 0.25) is 0 Å². The van der Waals surface area contributed by atoms with Crippen LogP contribution in [0.15, 0.2) is 18.2 Å². The molecule has 21 heavy (non-hydrogen) atoms. The average molecular weight is 291 g/mol. The van der Waals surface area contributed by atoms with Crippen molar-refractivity contribution in [2.75, 3.05) is 13.1 Å². The second-order valence-electron chi connectivity index (χ2n) is 6.13. The molecule has 1 aromatic rings. The van der Waals surface area contributed by atoms with Gasteiger partial charge in [0.05, 0.1) is 5.56 Å². The quantitative estimate of drug-likeness (QED) is 0.796. The van der Waals surface area contributed by atoms with Gasteiger partial charge in [0.25, 0.3) is 0 Å². The molecule has 0 unspecified atom stereocenters. The Morgan fingerprint density at radius 3 is 2.62 bits per heavy atom. The average Bonchev–Trinajstić information content (AvgIpc) is 2.44. The molecule has 114 valence electrons. The molecule has 2 fully saturated rings. The molecule has 1 aliphatic carbocycles. The monoisotopic (exact) mass is 291 g/mol. The maximum atomic E-state index is 13.9. The second kappa shape index (κ2) is 6.14. The highest BCUT2D eigenvalue weighted by molar-refractivity contribution is 5.96. The molecule has 0 amide bonds. The first kappa shape index (κ1) is 14.5. The van der Waals surface area contributed by atoms with E-state index in [1.165, 1.54) is 45.3 Å². The van der Waals surface area contributed by atoms with Crippen molar-refractivity contribution in [1.29, 1.82) is 0 Å². The van der Waals surface area contributed by atoms with Gasteiger partial charge in [-0.25, -0.2) is 4.39 Å². The first-order chi connectivity index (χ1) is 10.1. The van der Waals surface area contributed by atoms with E-state index in [0.29, 0.717) is 11.6 Å². The van der Waals surface area contributed by atoms with Crippen LogP contribution in [0.3, 0.4) is 0 Å². The van der Waals surface area contributed by atoms with Crippen molar-refractivity contribution in [3.05, 3.63) is 29.6 Å². The van der Waals surface area contributed by atoms with Crippen LogP contribution in [0.1, 0.15) is 49.4 Å². The van der Waals surface area contributed by atoms with Gasteiger partial charge in [0.1, 0.15) is 6.10 Å². The third kappa shape index (κ3) is 3.10. The summed E-state index contributed by atoms with van der Waals surface area (Å²) in [5.41, 5.74) is 0.344. The fraction of sp³-hybridized carbons (Fsp3) is 0.588. The summed E-state index contributed by atoms with van der Waals surface area (Å²) < 4.78 is 19.7. The van der Waals surface area contributed by atoms with Crippen LogP contribution in [0.25, 0.3) is 0 Å². The predicted molar refractivity (Wildman–Crippen MR) is 79.3 cm³/mol. The zero-order valence-corrected chi connectivity index (χ0v) is 12.5. The van der Waals surface area contributed by atoms with Crippen molar-refractivity contribution in [1.82, 2.24) is 4.90 Å². The topological polar surface area (TPSA) is 29.5 Å². The van der Waals surface area contributed by atoms with E-state index in [1.54, 1.807) is 12.1 Å². The maximum absolute atomic E-state index is 13.9. The lowest BCUT2D eigenvalue weighted by molar-refractivity contribution is 0.00679. The molecule has 2 aliphatic rings. The molecule has 0 aromatic heterocycles. The lowest BCUT2D eigenvalue weighted by Gasteiger charge is -2.44. The molecule has 0 bridgehead atoms. The Kier molecular flexibility index (Phi) is 4.24. The standard InChI is InChI=1S/C17H22FNO2/c1-12(20)15-6-5-7-16(18)17(15)21-14-10-13(11-14)19-8-3-2-4-9-19/h5-7,13-14H,2-4,8-11H2,1H3. The minimum absolute atomic E-state index is 0.0342. The number of nitrogens with zero attached hydrogens (tertiary/aromatic N) is 1. The van der Waals surface area contributed by atoms with E-state index in [1.807, 2.05) is 0 Å². The number of hydrogen-bond acceptors (Lipinski definition) is 3. The van der Waals surface area contributed by atoms with Gasteiger partial charge in [0.15, 0.2) is 17.3 Å². The van der Waals surface area contributed by atoms with Crippen molar-refractivity contribution >= 4 is 5.78 Å². The Hall–Kier alpha value is -1.42. The molecule has 1 aliphatic heterocycles. The van der Waals surface area contributed by atoms with E-state index in [4.69, 9.17) is 4.74 Å². The summed E-state index contributed by atoms with van der Waals surface area (Å²) in [4.78, 5) is 14.1. The summed E-state index contributed by atoms with van der Waals surface area (Å²) in [5, 5.41) is 0. The van der Waals surface area contributed by atoms with E-state index < -0.39 is 5.82 Å². The van der Waals surface area contributed by atoms with Crippen molar-refractivity contribution in [3.8, 4) is 5.75 Å². The van der Waals surface area contributed by atoms with Gasteiger partial charge in [0.2, 0.25) is 0 Å². The molecule has 0 spiro atoms. The molecular formula is C17H22FNO2. The summed E-state index contributed by atoms with van der Waals surface area (Å²) in [7, 11) is 0. The van der Waals surface area contributed by atoms with Gasteiger partial charge in [-0.3, -0.25) is 4.79 Å². The highest BCUT2D eigenvalue weighted by Crippen LogP contribution is 2.34. The van der Waals surface area contributed by atoms with E-state index in [-0.39, 0.29) is 17.6 Å². The number of para-hydroxylation sites is 1. The van der Waals surface area contributed by atoms with E-state index in [2.05, 4.69) is 4.90 Å². The molecule has 3 rings (SSSR count). The number of Topliss-reactive ketones (excluding diaryl/α,β-unsaturated/α-hetero) is 1. The van der Waals surface area contributed by atoms with Gasteiger partial charge >= 0.3 is 0 Å². The zero-order chi connectivity index (χ0) is 14.8. The number of ketones is 1. The summed E-state index contributed by atoms with van der Waals surface area (Å²) in [5.74, 6) is -0.465. The third-order valence-corrected chi connectivity index (χ3v) is 4.61. The van der Waals surface area contributed by atoms with E-state index in [0.717, 1.165) is 12.8 Å². The minimum atomic E-state index is -0.441. The summed E-state index contributed by atoms with van der Waals surface area (Å²) >= 11 is 0. The molecular weight excluding hydrogens is 269 g/mol. The number of likely N-dealkylation sites (tertiary alicyclic amines) is 1. The normalized spacial score (nSPS) is 26.2. The smallest absolute Gasteiger partial charge is 0.166 e. The van der Waals surface area contributed by atoms with Crippen molar-refractivity contribution in [3.63, 3.8) is 0 Å². The Labute approximate surface area is 125 Å². The Bertz CT molecular complexity index is 520. The summed E-state index contributed by atoms with van der Waals surface area (Å²) in [6.45, 7) is 3.80. The highest BCUT2D eigenvalue weighted by Gasteiger charge is 2.36. The first-order valence-corrected chi connectivity index (χ1v) is 7.85. The van der Waals surface area contributed by atoms with Crippen LogP contribution in [0.5, 0.6) is 5.75 Å². The van der Waals surface area contributed by atoms with E-state index in [9.17, 15) is 9.18 Å². The summed E-state index contributed by atoms with van der Waals surface area (Å²) in [6.07, 6.45) is 5.80. The van der Waals surface area contributed by atoms with Crippen molar-refractivity contribution in [2.24, 2.45) is 0 Å². The van der Waals surface area contributed by atoms with Crippen LogP contribution in [-0.2, 0) is 0 Å².